The Morgan fingerprint density at radius 2 is 1.74 bits per heavy atom. The predicted molar refractivity (Wildman–Crippen MR) is 74.7 cm³/mol. The number of carbonyl (C=O) groups is 2. The third-order valence-electron chi connectivity index (χ3n) is 3.14. The van der Waals surface area contributed by atoms with E-state index in [0.717, 1.165) is 18.5 Å². The highest BCUT2D eigenvalue weighted by Gasteiger charge is 2.29. The molecule has 19 heavy (non-hydrogen) atoms. The Labute approximate surface area is 112 Å². The van der Waals surface area contributed by atoms with Crippen LogP contribution >= 0.6 is 0 Å². The topological polar surface area (TPSA) is 84.2 Å². The molecule has 2 amide bonds. The van der Waals surface area contributed by atoms with Crippen molar-refractivity contribution in [3.05, 3.63) is 24.3 Å². The van der Waals surface area contributed by atoms with Gasteiger partial charge in [-0.1, -0.05) is 6.92 Å². The highest BCUT2D eigenvalue weighted by Crippen LogP contribution is 2.30. The number of nitrogens with two attached hydrogens (primary N) is 1. The predicted octanol–water partition coefficient (Wildman–Crippen LogP) is 1.71. The zero-order valence-electron chi connectivity index (χ0n) is 11.0. The van der Waals surface area contributed by atoms with Crippen molar-refractivity contribution in [2.45, 2.75) is 32.2 Å². The van der Waals surface area contributed by atoms with Gasteiger partial charge in [0.25, 0.3) is 0 Å². The second-order valence-electron chi connectivity index (χ2n) is 4.84. The van der Waals surface area contributed by atoms with Crippen LogP contribution < -0.4 is 16.4 Å². The van der Waals surface area contributed by atoms with Gasteiger partial charge in [0.2, 0.25) is 11.8 Å². The maximum absolute atomic E-state index is 11.6. The number of hydrogen-bond acceptors (Lipinski definition) is 3. The van der Waals surface area contributed by atoms with Crippen molar-refractivity contribution in [2.75, 3.05) is 10.6 Å². The minimum absolute atomic E-state index is 0.0739. The standard InChI is InChI=1S/C14H19N3O2/c1-2-12(15)14(19)17-11-7-5-10(6-8-11)16-13(18)9-3-4-9/h5-9,12H,2-4,15H2,1H3,(H,16,18)(H,17,19). The summed E-state index contributed by atoms with van der Waals surface area (Å²) < 4.78 is 0. The molecular weight excluding hydrogens is 242 g/mol. The summed E-state index contributed by atoms with van der Waals surface area (Å²) in [5.74, 6) is 0.0592. The average molecular weight is 261 g/mol. The number of benzene rings is 1. The normalized spacial score (nSPS) is 15.7. The number of anilines is 2. The number of nitrogens with one attached hydrogen (secondary N) is 2. The van der Waals surface area contributed by atoms with E-state index in [9.17, 15) is 9.59 Å². The Morgan fingerprint density at radius 3 is 2.21 bits per heavy atom. The van der Waals surface area contributed by atoms with Crippen LogP contribution in [-0.2, 0) is 9.59 Å². The highest BCUT2D eigenvalue weighted by molar-refractivity contribution is 5.96. The van der Waals surface area contributed by atoms with Crippen molar-refractivity contribution in [1.29, 1.82) is 0 Å². The molecule has 1 unspecified atom stereocenters. The lowest BCUT2D eigenvalue weighted by Gasteiger charge is -2.10. The molecule has 5 nitrogen and oxygen atoms in total. The van der Waals surface area contributed by atoms with Gasteiger partial charge in [0.15, 0.2) is 0 Å². The lowest BCUT2D eigenvalue weighted by atomic mass is 10.2. The molecule has 0 heterocycles. The summed E-state index contributed by atoms with van der Waals surface area (Å²) in [6.07, 6.45) is 2.56. The van der Waals surface area contributed by atoms with Crippen LogP contribution in [0.2, 0.25) is 0 Å². The Balaban J connectivity index is 1.90. The number of rotatable bonds is 5. The number of carbonyl (C=O) groups excluding carboxylic acids is 2. The van der Waals surface area contributed by atoms with Gasteiger partial charge in [0.1, 0.15) is 0 Å². The molecule has 0 saturated heterocycles. The van der Waals surface area contributed by atoms with E-state index in [-0.39, 0.29) is 17.7 Å². The van der Waals surface area contributed by atoms with Crippen LogP contribution in [0.4, 0.5) is 11.4 Å². The fourth-order valence-corrected chi connectivity index (χ4v) is 1.65. The quantitative estimate of drug-likeness (QED) is 0.754. The molecule has 1 saturated carbocycles. The summed E-state index contributed by atoms with van der Waals surface area (Å²) in [5.41, 5.74) is 7.06. The molecule has 1 aliphatic carbocycles. The zero-order valence-corrected chi connectivity index (χ0v) is 11.0. The van der Waals surface area contributed by atoms with Gasteiger partial charge in [0.05, 0.1) is 6.04 Å². The van der Waals surface area contributed by atoms with Crippen LogP contribution in [0.1, 0.15) is 26.2 Å². The van der Waals surface area contributed by atoms with Gasteiger partial charge in [-0.25, -0.2) is 0 Å². The Morgan fingerprint density at radius 1 is 1.21 bits per heavy atom. The summed E-state index contributed by atoms with van der Waals surface area (Å²) >= 11 is 0. The van der Waals surface area contributed by atoms with Crippen molar-refractivity contribution in [1.82, 2.24) is 0 Å². The van der Waals surface area contributed by atoms with Gasteiger partial charge in [0, 0.05) is 17.3 Å². The second-order valence-corrected chi connectivity index (χ2v) is 4.84. The molecule has 5 heteroatoms. The van der Waals surface area contributed by atoms with Crippen LogP contribution in [0.15, 0.2) is 24.3 Å². The molecule has 2 rings (SSSR count). The van der Waals surface area contributed by atoms with Gasteiger partial charge < -0.3 is 16.4 Å². The SMILES string of the molecule is CCC(N)C(=O)Nc1ccc(NC(=O)C2CC2)cc1. The lowest BCUT2D eigenvalue weighted by molar-refractivity contribution is -0.118. The summed E-state index contributed by atoms with van der Waals surface area (Å²) in [5, 5.41) is 5.57. The first-order valence-corrected chi connectivity index (χ1v) is 6.57. The molecule has 4 N–H and O–H groups in total. The van der Waals surface area contributed by atoms with E-state index in [1.807, 2.05) is 6.92 Å². The fraction of sp³-hybridized carbons (Fsp3) is 0.429. The van der Waals surface area contributed by atoms with E-state index in [1.165, 1.54) is 0 Å². The second kappa shape index (κ2) is 5.84. The molecule has 1 aromatic rings. The smallest absolute Gasteiger partial charge is 0.241 e. The van der Waals surface area contributed by atoms with Crippen LogP contribution in [0.25, 0.3) is 0 Å². The molecule has 102 valence electrons. The summed E-state index contributed by atoms with van der Waals surface area (Å²) in [6.45, 7) is 1.86. The minimum Gasteiger partial charge on any atom is -0.326 e. The maximum atomic E-state index is 11.6. The molecule has 1 atom stereocenters. The van der Waals surface area contributed by atoms with Gasteiger partial charge in [-0.3, -0.25) is 9.59 Å². The van der Waals surface area contributed by atoms with Gasteiger partial charge in [-0.05, 0) is 43.5 Å². The highest BCUT2D eigenvalue weighted by atomic mass is 16.2. The Bertz CT molecular complexity index is 466. The van der Waals surface area contributed by atoms with Crippen LogP contribution in [-0.4, -0.2) is 17.9 Å². The maximum Gasteiger partial charge on any atom is 0.241 e. The summed E-state index contributed by atoms with van der Waals surface area (Å²) in [4.78, 5) is 23.2. The van der Waals surface area contributed by atoms with E-state index < -0.39 is 6.04 Å². The van der Waals surface area contributed by atoms with Crippen molar-refractivity contribution in [2.24, 2.45) is 11.7 Å². The van der Waals surface area contributed by atoms with E-state index >= 15 is 0 Å². The van der Waals surface area contributed by atoms with E-state index in [4.69, 9.17) is 5.73 Å². The van der Waals surface area contributed by atoms with E-state index in [2.05, 4.69) is 10.6 Å². The first-order valence-electron chi connectivity index (χ1n) is 6.57. The third-order valence-corrected chi connectivity index (χ3v) is 3.14. The molecule has 0 radical (unpaired) electrons. The summed E-state index contributed by atoms with van der Waals surface area (Å²) in [7, 11) is 0. The van der Waals surface area contributed by atoms with E-state index in [1.54, 1.807) is 24.3 Å². The van der Waals surface area contributed by atoms with Crippen molar-refractivity contribution in [3.63, 3.8) is 0 Å². The molecule has 0 bridgehead atoms. The van der Waals surface area contributed by atoms with Gasteiger partial charge in [-0.15, -0.1) is 0 Å². The van der Waals surface area contributed by atoms with E-state index in [0.29, 0.717) is 12.1 Å². The van der Waals surface area contributed by atoms with Crippen LogP contribution in [0, 0.1) is 5.92 Å². The first-order chi connectivity index (χ1) is 9.10. The largest absolute Gasteiger partial charge is 0.326 e. The van der Waals surface area contributed by atoms with Gasteiger partial charge in [-0.2, -0.15) is 0 Å². The Kier molecular flexibility index (Phi) is 4.16. The molecule has 0 aromatic heterocycles. The van der Waals surface area contributed by atoms with Crippen molar-refractivity contribution in [3.8, 4) is 0 Å². The number of hydrogen-bond donors (Lipinski definition) is 3. The van der Waals surface area contributed by atoms with Crippen molar-refractivity contribution >= 4 is 23.2 Å². The monoisotopic (exact) mass is 261 g/mol. The molecule has 0 spiro atoms. The summed E-state index contributed by atoms with van der Waals surface area (Å²) in [6, 6.07) is 6.56. The molecule has 1 fully saturated rings. The number of amides is 2. The molecule has 1 aliphatic rings. The van der Waals surface area contributed by atoms with Gasteiger partial charge >= 0.3 is 0 Å². The van der Waals surface area contributed by atoms with Crippen LogP contribution in [0.3, 0.4) is 0 Å². The molecular formula is C14H19N3O2. The van der Waals surface area contributed by atoms with Crippen molar-refractivity contribution < 1.29 is 9.59 Å². The first kappa shape index (κ1) is 13.5. The fourth-order valence-electron chi connectivity index (χ4n) is 1.65. The molecule has 0 aliphatic heterocycles. The lowest BCUT2D eigenvalue weighted by Crippen LogP contribution is -2.34. The van der Waals surface area contributed by atoms with Crippen LogP contribution in [0.5, 0.6) is 0 Å². The zero-order chi connectivity index (χ0) is 13.8. The molecule has 1 aromatic carbocycles. The minimum atomic E-state index is -0.491. The third kappa shape index (κ3) is 3.79. The average Bonchev–Trinajstić information content (AvgIpc) is 3.24. The Hall–Kier alpha value is -1.88.